The van der Waals surface area contributed by atoms with Crippen molar-refractivity contribution in [3.8, 4) is 0 Å². The van der Waals surface area contributed by atoms with Crippen molar-refractivity contribution in [1.82, 2.24) is 0 Å². The molecule has 5 nitrogen and oxygen atoms in total. The lowest BCUT2D eigenvalue weighted by molar-refractivity contribution is -0.136. The van der Waals surface area contributed by atoms with Crippen LogP contribution in [0.1, 0.15) is 0 Å². The van der Waals surface area contributed by atoms with E-state index in [0.717, 1.165) is 18.9 Å². The van der Waals surface area contributed by atoms with E-state index in [1.54, 1.807) is 0 Å². The minimum atomic E-state index is -5.73. The number of methoxy groups -OCH3 is 1. The highest BCUT2D eigenvalue weighted by atomic mass is 32.2. The number of carbonyl (C=O) groups is 1. The van der Waals surface area contributed by atoms with Crippen LogP contribution in [0.3, 0.4) is 0 Å². The Hall–Kier alpha value is -0.900. The molecule has 0 aromatic carbocycles. The standard InChI is InChI=1S/C7H7F3O5S2/c1-14-6(11)4-2-16-3-5(4)15-17(12,13)7(8,9)10/h2-3H2,1H3. The van der Waals surface area contributed by atoms with Crippen molar-refractivity contribution in [1.29, 1.82) is 0 Å². The van der Waals surface area contributed by atoms with Crippen LogP contribution in [0.4, 0.5) is 13.2 Å². The van der Waals surface area contributed by atoms with E-state index >= 15 is 0 Å². The fourth-order valence-electron chi connectivity index (χ4n) is 0.963. The molecule has 10 heteroatoms. The molecule has 0 aromatic rings. The van der Waals surface area contributed by atoms with Gasteiger partial charge in [-0.1, -0.05) is 0 Å². The molecule has 0 saturated heterocycles. The molecule has 1 aliphatic heterocycles. The monoisotopic (exact) mass is 292 g/mol. The predicted octanol–water partition coefficient (Wildman–Crippen LogP) is 1.03. The van der Waals surface area contributed by atoms with Crippen LogP contribution in [-0.2, 0) is 23.8 Å². The van der Waals surface area contributed by atoms with Crippen LogP contribution in [0.25, 0.3) is 0 Å². The molecular weight excluding hydrogens is 285 g/mol. The van der Waals surface area contributed by atoms with Gasteiger partial charge in [-0.3, -0.25) is 0 Å². The number of hydrogen-bond donors (Lipinski definition) is 0. The molecule has 1 heterocycles. The zero-order valence-electron chi connectivity index (χ0n) is 8.41. The zero-order valence-corrected chi connectivity index (χ0v) is 10.0. The Morgan fingerprint density at radius 3 is 2.41 bits per heavy atom. The summed E-state index contributed by atoms with van der Waals surface area (Å²) in [4.78, 5) is 11.1. The summed E-state index contributed by atoms with van der Waals surface area (Å²) in [6.45, 7) is 0. The Labute approximate surface area is 99.1 Å². The Kier molecular flexibility index (Phi) is 3.97. The number of hydrogen-bond acceptors (Lipinski definition) is 6. The maximum absolute atomic E-state index is 12.0. The number of esters is 1. The molecule has 0 bridgehead atoms. The highest BCUT2D eigenvalue weighted by Gasteiger charge is 2.49. The van der Waals surface area contributed by atoms with E-state index in [0.29, 0.717) is 0 Å². The van der Waals surface area contributed by atoms with E-state index in [2.05, 4.69) is 8.92 Å². The molecule has 17 heavy (non-hydrogen) atoms. The molecule has 0 aliphatic carbocycles. The van der Waals surface area contributed by atoms with Gasteiger partial charge < -0.3 is 8.92 Å². The van der Waals surface area contributed by atoms with Gasteiger partial charge in [0.1, 0.15) is 5.76 Å². The average Bonchev–Trinajstić information content (AvgIpc) is 2.62. The molecule has 1 rings (SSSR count). The van der Waals surface area contributed by atoms with Gasteiger partial charge in [-0.15, -0.1) is 11.8 Å². The molecule has 0 spiro atoms. The number of halogens is 3. The second kappa shape index (κ2) is 4.77. The summed E-state index contributed by atoms with van der Waals surface area (Å²) < 4.78 is 65.8. The Bertz CT molecular complexity index is 451. The lowest BCUT2D eigenvalue weighted by Crippen LogP contribution is -2.26. The third-order valence-corrected chi connectivity index (χ3v) is 3.69. The van der Waals surface area contributed by atoms with Gasteiger partial charge in [0.25, 0.3) is 0 Å². The van der Waals surface area contributed by atoms with E-state index in [4.69, 9.17) is 0 Å². The van der Waals surface area contributed by atoms with Crippen LogP contribution in [0.5, 0.6) is 0 Å². The van der Waals surface area contributed by atoms with E-state index < -0.39 is 27.4 Å². The van der Waals surface area contributed by atoms with E-state index in [9.17, 15) is 26.4 Å². The molecular formula is C7H7F3O5S2. The van der Waals surface area contributed by atoms with Gasteiger partial charge in [0.05, 0.1) is 18.4 Å². The van der Waals surface area contributed by atoms with Crippen molar-refractivity contribution in [2.75, 3.05) is 18.6 Å². The minimum absolute atomic E-state index is 0.0510. The second-order valence-corrected chi connectivity index (χ2v) is 5.39. The van der Waals surface area contributed by atoms with Gasteiger partial charge in [0.15, 0.2) is 0 Å². The van der Waals surface area contributed by atoms with Crippen molar-refractivity contribution >= 4 is 27.8 Å². The number of alkyl halides is 3. The van der Waals surface area contributed by atoms with Crippen LogP contribution in [0.2, 0.25) is 0 Å². The summed E-state index contributed by atoms with van der Waals surface area (Å²) in [5, 5.41) is 0. The van der Waals surface area contributed by atoms with Gasteiger partial charge in [-0.05, 0) is 0 Å². The fraction of sp³-hybridized carbons (Fsp3) is 0.571. The highest BCUT2D eigenvalue weighted by Crippen LogP contribution is 2.32. The van der Waals surface area contributed by atoms with Gasteiger partial charge in [0.2, 0.25) is 0 Å². The quantitative estimate of drug-likeness (QED) is 0.439. The molecule has 1 aliphatic rings. The first-order valence-corrected chi connectivity index (χ1v) is 6.64. The SMILES string of the molecule is COC(=O)C1=C(OS(=O)(=O)C(F)(F)F)CSC1. The van der Waals surface area contributed by atoms with E-state index in [1.165, 1.54) is 0 Å². The summed E-state index contributed by atoms with van der Waals surface area (Å²) in [5.74, 6) is -1.50. The zero-order chi connectivity index (χ0) is 13.3. The molecule has 0 fully saturated rings. The highest BCUT2D eigenvalue weighted by molar-refractivity contribution is 8.00. The number of carbonyl (C=O) groups excluding carboxylic acids is 1. The van der Waals surface area contributed by atoms with E-state index in [1.807, 2.05) is 0 Å². The van der Waals surface area contributed by atoms with E-state index in [-0.39, 0.29) is 17.1 Å². The molecule has 0 amide bonds. The Balaban J connectivity index is 2.99. The molecule has 0 unspecified atom stereocenters. The first kappa shape index (κ1) is 14.2. The number of ether oxygens (including phenoxy) is 1. The third-order valence-electron chi connectivity index (χ3n) is 1.74. The van der Waals surface area contributed by atoms with Crippen LogP contribution >= 0.6 is 11.8 Å². The topological polar surface area (TPSA) is 69.7 Å². The third kappa shape index (κ3) is 3.06. The molecule has 0 aromatic heterocycles. The summed E-state index contributed by atoms with van der Waals surface area (Å²) in [5.41, 5.74) is -5.72. The van der Waals surface area contributed by atoms with Gasteiger partial charge in [-0.2, -0.15) is 21.6 Å². The maximum atomic E-state index is 12.0. The first-order chi connectivity index (χ1) is 7.69. The minimum Gasteiger partial charge on any atom is -0.466 e. The average molecular weight is 292 g/mol. The largest absolute Gasteiger partial charge is 0.534 e. The molecule has 0 radical (unpaired) electrons. The van der Waals surface area contributed by atoms with Gasteiger partial charge in [-0.25, -0.2) is 4.79 Å². The fourth-order valence-corrected chi connectivity index (χ4v) is 2.56. The van der Waals surface area contributed by atoms with Crippen LogP contribution in [0, 0.1) is 0 Å². The van der Waals surface area contributed by atoms with Gasteiger partial charge >= 0.3 is 21.6 Å². The number of rotatable bonds is 3. The van der Waals surface area contributed by atoms with Crippen molar-refractivity contribution in [2.45, 2.75) is 5.51 Å². The molecule has 0 N–H and O–H groups in total. The molecule has 0 atom stereocenters. The van der Waals surface area contributed by atoms with Crippen molar-refractivity contribution in [3.05, 3.63) is 11.3 Å². The normalized spacial score (nSPS) is 17.2. The summed E-state index contributed by atoms with van der Waals surface area (Å²) in [6.07, 6.45) is 0. The second-order valence-electron chi connectivity index (χ2n) is 2.87. The predicted molar refractivity (Wildman–Crippen MR) is 52.4 cm³/mol. The van der Waals surface area contributed by atoms with Gasteiger partial charge in [0, 0.05) is 5.75 Å². The van der Waals surface area contributed by atoms with Crippen LogP contribution in [0.15, 0.2) is 11.3 Å². The summed E-state index contributed by atoms with van der Waals surface area (Å²) in [6, 6.07) is 0. The first-order valence-electron chi connectivity index (χ1n) is 4.08. The van der Waals surface area contributed by atoms with Crippen LogP contribution in [-0.4, -0.2) is 38.5 Å². The number of thioether (sulfide) groups is 1. The lowest BCUT2D eigenvalue weighted by Gasteiger charge is -2.10. The smallest absolute Gasteiger partial charge is 0.466 e. The maximum Gasteiger partial charge on any atom is 0.534 e. The lowest BCUT2D eigenvalue weighted by atomic mass is 10.3. The Morgan fingerprint density at radius 2 is 1.94 bits per heavy atom. The summed E-state index contributed by atoms with van der Waals surface area (Å²) >= 11 is 1.05. The van der Waals surface area contributed by atoms with Crippen molar-refractivity contribution in [3.63, 3.8) is 0 Å². The summed E-state index contributed by atoms with van der Waals surface area (Å²) in [7, 11) is -4.70. The molecule has 98 valence electrons. The molecule has 0 saturated carbocycles. The van der Waals surface area contributed by atoms with Crippen molar-refractivity contribution in [2.24, 2.45) is 0 Å². The van der Waals surface area contributed by atoms with Crippen molar-refractivity contribution < 1.29 is 35.3 Å². The Morgan fingerprint density at radius 1 is 1.35 bits per heavy atom. The van der Waals surface area contributed by atoms with Crippen LogP contribution < -0.4 is 0 Å².